The van der Waals surface area contributed by atoms with Gasteiger partial charge in [-0.25, -0.2) is 4.98 Å². The van der Waals surface area contributed by atoms with Crippen LogP contribution in [0.1, 0.15) is 41.4 Å². The van der Waals surface area contributed by atoms with Crippen molar-refractivity contribution < 1.29 is 47.1 Å². The number of hydrogen-bond donors (Lipinski definition) is 3. The van der Waals surface area contributed by atoms with E-state index < -0.39 is 87.8 Å². The summed E-state index contributed by atoms with van der Waals surface area (Å²) in [6, 6.07) is 9.85. The van der Waals surface area contributed by atoms with Gasteiger partial charge in [-0.2, -0.15) is 23.2 Å². The molecular weight excluding hydrogens is 668 g/mol. The van der Waals surface area contributed by atoms with Crippen molar-refractivity contribution in [1.29, 1.82) is 0 Å². The number of aliphatic hydroxyl groups excluding tert-OH is 1. The van der Waals surface area contributed by atoms with Crippen molar-refractivity contribution in [3.8, 4) is 0 Å². The maximum Gasteiger partial charge on any atom is 0.417 e. The summed E-state index contributed by atoms with van der Waals surface area (Å²) in [6.45, 7) is -0.484. The molecule has 0 unspecified atom stereocenters. The Bertz CT molecular complexity index is 1880. The van der Waals surface area contributed by atoms with Crippen molar-refractivity contribution in [1.82, 2.24) is 15.1 Å². The highest BCUT2D eigenvalue weighted by Gasteiger charge is 2.71. The van der Waals surface area contributed by atoms with Crippen molar-refractivity contribution in [2.45, 2.75) is 37.0 Å². The normalized spacial score (nSPS) is 28.7. The molecule has 7 rings (SSSR count). The minimum Gasteiger partial charge on any atom is -0.463 e. The monoisotopic (exact) mass is 690 g/mol. The van der Waals surface area contributed by atoms with Crippen molar-refractivity contribution in [3.63, 3.8) is 0 Å². The number of carbonyl (C=O) groups excluding carboxylic acids is 4. The van der Waals surface area contributed by atoms with E-state index in [9.17, 15) is 42.7 Å². The summed E-state index contributed by atoms with van der Waals surface area (Å²) < 4.78 is 45.9. The second-order valence-electron chi connectivity index (χ2n) is 11.9. The van der Waals surface area contributed by atoms with E-state index >= 15 is 0 Å². The number of halogens is 5. The number of aromatic nitrogens is 1. The lowest BCUT2D eigenvalue weighted by Gasteiger charge is -2.49. The molecule has 0 spiro atoms. The SMILES string of the molecule is O=C1[C@H]2[C@H](CC=C3[C@H]2C[C@H]2C(=O)N(Nc4ncc(C(F)(F)F)cc4Cl)C(=O)[C@@]2(c2ccc(Cl)cc2)[C@H]3c2ccc(CO)o2)C(=O)N1O. The fourth-order valence-electron chi connectivity index (χ4n) is 7.71. The number of hydrazine groups is 1. The Balaban J connectivity index is 1.43. The Hall–Kier alpha value is -4.24. The lowest BCUT2D eigenvalue weighted by molar-refractivity contribution is -0.173. The highest BCUT2D eigenvalue weighted by Crippen LogP contribution is 2.64. The molecule has 6 atom stereocenters. The number of aliphatic hydroxyl groups is 1. The van der Waals surface area contributed by atoms with Gasteiger partial charge in [0.2, 0.25) is 0 Å². The Morgan fingerprint density at radius 2 is 1.74 bits per heavy atom. The van der Waals surface area contributed by atoms with Crippen LogP contribution in [0.2, 0.25) is 10.0 Å². The molecular formula is C31H23Cl2F3N4O7. The summed E-state index contributed by atoms with van der Waals surface area (Å²) in [4.78, 5) is 59.1. The standard InChI is InChI=1S/C31H23Cl2F3N4O7/c32-15-3-1-13(2-4-15)30-20(27(43)39(29(30)45)38-25-21(33)9-14(11-37-25)31(34,35)36)10-19-17(24(30)22-8-5-16(12-41)47-22)6-7-18-23(19)28(44)40(46)26(18)42/h1-6,8-9,11,18-20,23-24,41,46H,7,10,12H2,(H,37,38)/t18-,19+,20-,23-,24+,30+/m0/s1. The molecule has 4 amide bonds. The third-order valence-electron chi connectivity index (χ3n) is 9.66. The van der Waals surface area contributed by atoms with Crippen LogP contribution in [-0.2, 0) is 37.4 Å². The number of fused-ring (bicyclic) bond motifs is 4. The molecule has 1 aromatic carbocycles. The molecule has 0 radical (unpaired) electrons. The maximum absolute atomic E-state index is 14.9. The zero-order valence-corrected chi connectivity index (χ0v) is 25.4. The fraction of sp³-hybridized carbons (Fsp3) is 0.323. The summed E-state index contributed by atoms with van der Waals surface area (Å²) in [5, 5.41) is 20.7. The Kier molecular flexibility index (Phi) is 7.28. The molecule has 2 aliphatic heterocycles. The Labute approximate surface area is 273 Å². The van der Waals surface area contributed by atoms with E-state index in [4.69, 9.17) is 27.6 Å². The molecule has 2 saturated heterocycles. The number of imide groups is 2. The molecule has 4 aliphatic rings. The van der Waals surface area contributed by atoms with Gasteiger partial charge < -0.3 is 9.52 Å². The summed E-state index contributed by atoms with van der Waals surface area (Å²) in [6.07, 6.45) is -2.59. The van der Waals surface area contributed by atoms with Crippen LogP contribution in [0.3, 0.4) is 0 Å². The van der Waals surface area contributed by atoms with E-state index in [1.807, 2.05) is 0 Å². The first-order chi connectivity index (χ1) is 22.3. The van der Waals surface area contributed by atoms with Crippen LogP contribution in [0.5, 0.6) is 0 Å². The zero-order valence-electron chi connectivity index (χ0n) is 23.9. The first-order valence-corrected chi connectivity index (χ1v) is 15.1. The van der Waals surface area contributed by atoms with Crippen molar-refractivity contribution >= 4 is 52.6 Å². The van der Waals surface area contributed by atoms with Crippen molar-refractivity contribution in [3.05, 3.63) is 93.0 Å². The Morgan fingerprint density at radius 1 is 1.02 bits per heavy atom. The van der Waals surface area contributed by atoms with E-state index in [0.29, 0.717) is 33.4 Å². The van der Waals surface area contributed by atoms with Gasteiger partial charge in [-0.1, -0.05) is 47.0 Å². The van der Waals surface area contributed by atoms with Gasteiger partial charge >= 0.3 is 6.18 Å². The van der Waals surface area contributed by atoms with E-state index in [1.165, 1.54) is 18.2 Å². The van der Waals surface area contributed by atoms with E-state index in [0.717, 1.165) is 0 Å². The maximum atomic E-state index is 14.9. The average molecular weight is 691 g/mol. The molecule has 3 N–H and O–H groups in total. The molecule has 16 heteroatoms. The molecule has 244 valence electrons. The molecule has 1 saturated carbocycles. The number of allylic oxidation sites excluding steroid dienone is 2. The van der Waals surface area contributed by atoms with Crippen molar-refractivity contribution in [2.24, 2.45) is 23.7 Å². The largest absolute Gasteiger partial charge is 0.463 e. The van der Waals surface area contributed by atoms with E-state index in [2.05, 4.69) is 10.4 Å². The number of hydrogen-bond acceptors (Lipinski definition) is 9. The summed E-state index contributed by atoms with van der Waals surface area (Å²) in [5.41, 5.74) is 0.458. The van der Waals surface area contributed by atoms with Crippen LogP contribution in [0.25, 0.3) is 0 Å². The van der Waals surface area contributed by atoms with Gasteiger partial charge in [0.05, 0.1) is 34.3 Å². The predicted molar refractivity (Wildman–Crippen MR) is 155 cm³/mol. The third-order valence-corrected chi connectivity index (χ3v) is 10.2. The number of rotatable bonds is 5. The lowest BCUT2D eigenvalue weighted by Crippen LogP contribution is -2.53. The summed E-state index contributed by atoms with van der Waals surface area (Å²) >= 11 is 12.4. The second kappa shape index (κ2) is 10.9. The number of pyridine rings is 1. The molecule has 47 heavy (non-hydrogen) atoms. The molecule has 0 bridgehead atoms. The Morgan fingerprint density at radius 3 is 2.38 bits per heavy atom. The van der Waals surface area contributed by atoms with E-state index in [1.54, 1.807) is 24.3 Å². The van der Waals surface area contributed by atoms with Crippen LogP contribution in [-0.4, -0.2) is 49.0 Å². The smallest absolute Gasteiger partial charge is 0.417 e. The number of nitrogens with zero attached hydrogens (tertiary/aromatic N) is 3. The van der Waals surface area contributed by atoms with Gasteiger partial charge in [-0.15, -0.1) is 0 Å². The second-order valence-corrected chi connectivity index (χ2v) is 12.7. The quantitative estimate of drug-likeness (QED) is 0.193. The zero-order chi connectivity index (χ0) is 33.6. The van der Waals surface area contributed by atoms with Gasteiger partial charge in [0.1, 0.15) is 23.5 Å². The van der Waals surface area contributed by atoms with Crippen molar-refractivity contribution in [2.75, 3.05) is 5.43 Å². The first kappa shape index (κ1) is 31.4. The number of anilines is 1. The minimum absolute atomic E-state index is 0.0543. The highest BCUT2D eigenvalue weighted by atomic mass is 35.5. The molecule has 2 aliphatic carbocycles. The molecule has 3 fully saturated rings. The summed E-state index contributed by atoms with van der Waals surface area (Å²) in [5.74, 6) is -8.36. The minimum atomic E-state index is -4.75. The molecule has 2 aromatic heterocycles. The number of furan rings is 1. The van der Waals surface area contributed by atoms with Gasteiger partial charge in [-0.3, -0.25) is 29.8 Å². The van der Waals surface area contributed by atoms with E-state index in [-0.39, 0.29) is 29.4 Å². The van der Waals surface area contributed by atoms with Crippen LogP contribution in [0.15, 0.2) is 64.7 Å². The van der Waals surface area contributed by atoms with Crippen LogP contribution < -0.4 is 5.43 Å². The average Bonchev–Trinajstić information content (AvgIpc) is 3.67. The number of alkyl halides is 3. The van der Waals surface area contributed by atoms with Gasteiger partial charge in [0, 0.05) is 11.2 Å². The van der Waals surface area contributed by atoms with Gasteiger partial charge in [0.25, 0.3) is 23.6 Å². The van der Waals surface area contributed by atoms with Gasteiger partial charge in [-0.05, 0) is 54.7 Å². The topological polar surface area (TPSA) is 153 Å². The van der Waals surface area contributed by atoms with Gasteiger partial charge in [0.15, 0.2) is 5.82 Å². The first-order valence-electron chi connectivity index (χ1n) is 14.4. The number of carbonyl (C=O) groups is 4. The highest BCUT2D eigenvalue weighted by molar-refractivity contribution is 6.33. The number of benzene rings is 1. The molecule has 11 nitrogen and oxygen atoms in total. The number of amides is 4. The number of nitrogens with one attached hydrogen (secondary N) is 1. The predicted octanol–water partition coefficient (Wildman–Crippen LogP) is 4.87. The van der Waals surface area contributed by atoms with Crippen LogP contribution in [0.4, 0.5) is 19.0 Å². The molecule has 4 heterocycles. The number of hydroxylamine groups is 2. The summed E-state index contributed by atoms with van der Waals surface area (Å²) in [7, 11) is 0. The third kappa shape index (κ3) is 4.53. The van der Waals surface area contributed by atoms with Crippen LogP contribution in [0, 0.1) is 23.7 Å². The molecule has 3 aromatic rings. The fourth-order valence-corrected chi connectivity index (χ4v) is 8.04. The van der Waals surface area contributed by atoms with Crippen LogP contribution >= 0.6 is 23.2 Å². The lowest BCUT2D eigenvalue weighted by atomic mass is 9.50.